The number of likely N-dealkylation sites (tertiary alicyclic amines) is 1. The number of hydrogen-bond acceptors (Lipinski definition) is 3. The summed E-state index contributed by atoms with van der Waals surface area (Å²) in [6.45, 7) is 3.39. The van der Waals surface area contributed by atoms with Gasteiger partial charge in [0, 0.05) is 37.1 Å². The molecule has 1 aliphatic rings. The van der Waals surface area contributed by atoms with Crippen molar-refractivity contribution in [2.24, 2.45) is 0 Å². The molecule has 27 heavy (non-hydrogen) atoms. The van der Waals surface area contributed by atoms with Crippen LogP contribution in [0.5, 0.6) is 0 Å². The number of aliphatic hydroxyl groups excluding tert-OH is 1. The van der Waals surface area contributed by atoms with Crippen molar-refractivity contribution in [1.82, 2.24) is 10.2 Å². The molecule has 1 aliphatic heterocycles. The Morgan fingerprint density at radius 1 is 1.07 bits per heavy atom. The maximum Gasteiger partial charge on any atom is 0.220 e. The van der Waals surface area contributed by atoms with Crippen LogP contribution in [0.15, 0.2) is 53.0 Å². The molecule has 3 rings (SSSR count). The van der Waals surface area contributed by atoms with E-state index in [9.17, 15) is 9.90 Å². The van der Waals surface area contributed by atoms with Crippen molar-refractivity contribution in [2.75, 3.05) is 13.1 Å². The van der Waals surface area contributed by atoms with Gasteiger partial charge >= 0.3 is 0 Å². The molecule has 5 heteroatoms. The predicted octanol–water partition coefficient (Wildman–Crippen LogP) is 3.65. The summed E-state index contributed by atoms with van der Waals surface area (Å²) < 4.78 is 1.05. The van der Waals surface area contributed by atoms with Gasteiger partial charge in [0.15, 0.2) is 0 Å². The van der Waals surface area contributed by atoms with Crippen molar-refractivity contribution >= 4 is 21.8 Å². The van der Waals surface area contributed by atoms with Crippen molar-refractivity contribution in [2.45, 2.75) is 44.9 Å². The van der Waals surface area contributed by atoms with Gasteiger partial charge in [-0.2, -0.15) is 0 Å². The van der Waals surface area contributed by atoms with E-state index in [1.165, 1.54) is 5.56 Å². The molecule has 0 radical (unpaired) electrons. The first-order valence-electron chi connectivity index (χ1n) is 9.58. The quantitative estimate of drug-likeness (QED) is 0.704. The lowest BCUT2D eigenvalue weighted by molar-refractivity contribution is -0.121. The summed E-state index contributed by atoms with van der Waals surface area (Å²) in [4.78, 5) is 14.5. The molecular weight excluding hydrogens is 404 g/mol. The van der Waals surface area contributed by atoms with E-state index in [1.54, 1.807) is 0 Å². The van der Waals surface area contributed by atoms with Crippen LogP contribution < -0.4 is 5.32 Å². The SMILES string of the molecule is O=C(CCc1ccccc1Br)NCc1ccc(CN2CCC(O)CC2)cc1. The Hall–Kier alpha value is -1.69. The molecule has 0 aromatic heterocycles. The Morgan fingerprint density at radius 2 is 1.74 bits per heavy atom. The third-order valence-corrected chi connectivity index (χ3v) is 5.83. The van der Waals surface area contributed by atoms with Crippen LogP contribution in [0.25, 0.3) is 0 Å². The maximum absolute atomic E-state index is 12.1. The minimum atomic E-state index is -0.129. The number of amides is 1. The molecule has 1 heterocycles. The zero-order chi connectivity index (χ0) is 19.1. The van der Waals surface area contributed by atoms with Gasteiger partial charge in [-0.25, -0.2) is 0 Å². The molecular formula is C22H27BrN2O2. The van der Waals surface area contributed by atoms with E-state index in [0.29, 0.717) is 13.0 Å². The number of nitrogens with zero attached hydrogens (tertiary/aromatic N) is 1. The monoisotopic (exact) mass is 430 g/mol. The molecule has 2 N–H and O–H groups in total. The lowest BCUT2D eigenvalue weighted by atomic mass is 10.1. The second-order valence-corrected chi connectivity index (χ2v) is 8.05. The number of halogens is 1. The van der Waals surface area contributed by atoms with Gasteiger partial charge in [-0.15, -0.1) is 0 Å². The Kier molecular flexibility index (Phi) is 7.44. The van der Waals surface area contributed by atoms with Gasteiger partial charge in [0.25, 0.3) is 0 Å². The molecule has 0 saturated carbocycles. The van der Waals surface area contributed by atoms with E-state index in [2.05, 4.69) is 50.4 Å². The van der Waals surface area contributed by atoms with E-state index in [1.807, 2.05) is 24.3 Å². The van der Waals surface area contributed by atoms with Crippen molar-refractivity contribution in [3.8, 4) is 0 Å². The Bertz CT molecular complexity index is 740. The normalized spacial score (nSPS) is 15.6. The highest BCUT2D eigenvalue weighted by atomic mass is 79.9. The van der Waals surface area contributed by atoms with Crippen molar-refractivity contribution in [3.05, 3.63) is 69.7 Å². The second kappa shape index (κ2) is 10.0. The Morgan fingerprint density at radius 3 is 2.44 bits per heavy atom. The molecule has 1 saturated heterocycles. The number of piperidine rings is 1. The molecule has 144 valence electrons. The number of benzene rings is 2. The van der Waals surface area contributed by atoms with E-state index in [0.717, 1.165) is 54.5 Å². The smallest absolute Gasteiger partial charge is 0.220 e. The number of carbonyl (C=O) groups is 1. The fraction of sp³-hybridized carbons (Fsp3) is 0.409. The van der Waals surface area contributed by atoms with Gasteiger partial charge in [0.1, 0.15) is 0 Å². The van der Waals surface area contributed by atoms with Crippen LogP contribution >= 0.6 is 15.9 Å². The van der Waals surface area contributed by atoms with Crippen LogP contribution in [0.3, 0.4) is 0 Å². The Balaban J connectivity index is 1.40. The summed E-state index contributed by atoms with van der Waals surface area (Å²) in [6, 6.07) is 16.4. The lowest BCUT2D eigenvalue weighted by Gasteiger charge is -2.29. The Labute approximate surface area is 169 Å². The second-order valence-electron chi connectivity index (χ2n) is 7.19. The fourth-order valence-electron chi connectivity index (χ4n) is 3.34. The van der Waals surface area contributed by atoms with Crippen LogP contribution in [-0.2, 0) is 24.3 Å². The van der Waals surface area contributed by atoms with E-state index >= 15 is 0 Å². The first kappa shape index (κ1) is 20.1. The number of rotatable bonds is 7. The highest BCUT2D eigenvalue weighted by molar-refractivity contribution is 9.10. The van der Waals surface area contributed by atoms with E-state index < -0.39 is 0 Å². The van der Waals surface area contributed by atoms with Crippen LogP contribution in [-0.4, -0.2) is 35.1 Å². The van der Waals surface area contributed by atoms with Gasteiger partial charge in [-0.05, 0) is 42.0 Å². The summed E-state index contributed by atoms with van der Waals surface area (Å²) in [5.41, 5.74) is 3.54. The van der Waals surface area contributed by atoms with Gasteiger partial charge in [-0.3, -0.25) is 9.69 Å². The third kappa shape index (κ3) is 6.45. The molecule has 1 amide bonds. The molecule has 0 bridgehead atoms. The zero-order valence-electron chi connectivity index (χ0n) is 15.5. The number of hydrogen-bond donors (Lipinski definition) is 2. The van der Waals surface area contributed by atoms with E-state index in [4.69, 9.17) is 0 Å². The van der Waals surface area contributed by atoms with Crippen LogP contribution in [0.1, 0.15) is 36.0 Å². The van der Waals surface area contributed by atoms with Crippen molar-refractivity contribution < 1.29 is 9.90 Å². The third-order valence-electron chi connectivity index (χ3n) is 5.06. The first-order chi connectivity index (χ1) is 13.1. The summed E-state index contributed by atoms with van der Waals surface area (Å²) in [7, 11) is 0. The van der Waals surface area contributed by atoms with Crippen LogP contribution in [0.4, 0.5) is 0 Å². The lowest BCUT2D eigenvalue weighted by Crippen LogP contribution is -2.35. The van der Waals surface area contributed by atoms with Gasteiger partial charge in [0.2, 0.25) is 5.91 Å². The van der Waals surface area contributed by atoms with Gasteiger partial charge in [-0.1, -0.05) is 58.4 Å². The predicted molar refractivity (Wildman–Crippen MR) is 111 cm³/mol. The first-order valence-corrected chi connectivity index (χ1v) is 10.4. The summed E-state index contributed by atoms with van der Waals surface area (Å²) in [5, 5.41) is 12.6. The van der Waals surface area contributed by atoms with Gasteiger partial charge in [0.05, 0.1) is 6.10 Å². The largest absolute Gasteiger partial charge is 0.393 e. The minimum absolute atomic E-state index is 0.0710. The minimum Gasteiger partial charge on any atom is -0.393 e. The van der Waals surface area contributed by atoms with Crippen molar-refractivity contribution in [1.29, 1.82) is 0 Å². The number of aryl methyl sites for hydroxylation is 1. The van der Waals surface area contributed by atoms with Crippen molar-refractivity contribution in [3.63, 3.8) is 0 Å². The van der Waals surface area contributed by atoms with E-state index in [-0.39, 0.29) is 12.0 Å². The topological polar surface area (TPSA) is 52.6 Å². The average molecular weight is 431 g/mol. The van der Waals surface area contributed by atoms with Gasteiger partial charge < -0.3 is 10.4 Å². The molecule has 1 fully saturated rings. The van der Waals surface area contributed by atoms with Crippen LogP contribution in [0.2, 0.25) is 0 Å². The highest BCUT2D eigenvalue weighted by Crippen LogP contribution is 2.17. The molecule has 0 aliphatic carbocycles. The average Bonchev–Trinajstić information content (AvgIpc) is 2.68. The molecule has 0 atom stereocenters. The summed E-state index contributed by atoms with van der Waals surface area (Å²) >= 11 is 3.52. The highest BCUT2D eigenvalue weighted by Gasteiger charge is 2.16. The standard InChI is InChI=1S/C22H27BrN2O2/c23-21-4-2-1-3-19(21)9-10-22(27)24-15-17-5-7-18(8-6-17)16-25-13-11-20(26)12-14-25/h1-8,20,26H,9-16H2,(H,24,27). The maximum atomic E-state index is 12.1. The zero-order valence-corrected chi connectivity index (χ0v) is 17.1. The molecule has 0 unspecified atom stereocenters. The fourth-order valence-corrected chi connectivity index (χ4v) is 3.82. The number of nitrogens with one attached hydrogen (secondary N) is 1. The number of carbonyl (C=O) groups excluding carboxylic acids is 1. The molecule has 0 spiro atoms. The summed E-state index contributed by atoms with van der Waals surface area (Å²) in [5.74, 6) is 0.0710. The molecule has 4 nitrogen and oxygen atoms in total. The summed E-state index contributed by atoms with van der Waals surface area (Å²) in [6.07, 6.45) is 2.82. The molecule has 2 aromatic carbocycles. The van der Waals surface area contributed by atoms with Crippen LogP contribution in [0, 0.1) is 0 Å². The number of aliphatic hydroxyl groups is 1. The molecule has 2 aromatic rings.